The minimum Gasteiger partial charge on any atom is -0.383 e. The monoisotopic (exact) mass is 252 g/mol. The minimum atomic E-state index is 0.284. The normalized spacial score (nSPS) is 22.3. The van der Waals surface area contributed by atoms with Gasteiger partial charge in [0.15, 0.2) is 0 Å². The van der Waals surface area contributed by atoms with E-state index in [2.05, 4.69) is 10.4 Å². The van der Waals surface area contributed by atoms with Crippen molar-refractivity contribution in [3.8, 4) is 0 Å². The highest BCUT2D eigenvalue weighted by atomic mass is 32.2. The van der Waals surface area contributed by atoms with Crippen LogP contribution in [-0.4, -0.2) is 22.0 Å². The molecule has 2 atom stereocenters. The number of hydrogen-bond donors (Lipinski definition) is 3. The average Bonchev–Trinajstić information content (AvgIpc) is 2.39. The van der Waals surface area contributed by atoms with Crippen LogP contribution in [0.4, 0.5) is 5.82 Å². The first-order valence-corrected chi connectivity index (χ1v) is 7.13. The van der Waals surface area contributed by atoms with Gasteiger partial charge in [0.2, 0.25) is 0 Å². The lowest BCUT2D eigenvalue weighted by Crippen LogP contribution is -2.45. The van der Waals surface area contributed by atoms with Crippen LogP contribution in [0.15, 0.2) is 18.3 Å². The molecule has 1 aliphatic heterocycles. The van der Waals surface area contributed by atoms with Crippen molar-refractivity contribution in [2.45, 2.75) is 37.0 Å². The van der Waals surface area contributed by atoms with E-state index in [0.29, 0.717) is 11.1 Å². The third kappa shape index (κ3) is 3.34. The van der Waals surface area contributed by atoms with E-state index in [1.54, 1.807) is 6.20 Å². The molecule has 1 aromatic heterocycles. The molecule has 1 fully saturated rings. The Balaban J connectivity index is 2.01. The fourth-order valence-electron chi connectivity index (χ4n) is 2.24. The maximum atomic E-state index is 5.87. The molecule has 0 amide bonds. The molecular formula is C12H20N4S. The topological polar surface area (TPSA) is 77.0 Å². The average molecular weight is 252 g/mol. The maximum Gasteiger partial charge on any atom is 0.126 e. The van der Waals surface area contributed by atoms with E-state index >= 15 is 0 Å². The second kappa shape index (κ2) is 6.23. The molecule has 0 bridgehead atoms. The zero-order valence-corrected chi connectivity index (χ0v) is 10.7. The van der Waals surface area contributed by atoms with Crippen LogP contribution in [0.2, 0.25) is 0 Å². The summed E-state index contributed by atoms with van der Waals surface area (Å²) < 4.78 is 0. The lowest BCUT2D eigenvalue weighted by atomic mass is 10.0. The predicted octanol–water partition coefficient (Wildman–Crippen LogP) is 1.32. The molecule has 0 spiro atoms. The van der Waals surface area contributed by atoms with Gasteiger partial charge in [-0.25, -0.2) is 4.98 Å². The molecule has 0 radical (unpaired) electrons. The molecule has 94 valence electrons. The number of hydrazine groups is 1. The van der Waals surface area contributed by atoms with Crippen LogP contribution in [0.3, 0.4) is 0 Å². The summed E-state index contributed by atoms with van der Waals surface area (Å²) in [7, 11) is 0. The van der Waals surface area contributed by atoms with E-state index in [-0.39, 0.29) is 6.04 Å². The first kappa shape index (κ1) is 12.7. The van der Waals surface area contributed by atoms with Gasteiger partial charge in [0.1, 0.15) is 5.82 Å². The van der Waals surface area contributed by atoms with E-state index in [1.807, 2.05) is 23.9 Å². The molecule has 0 aromatic carbocycles. The van der Waals surface area contributed by atoms with E-state index < -0.39 is 0 Å². The SMILES string of the molecule is NNC(Cc1cccnc1N)C1CCCCS1. The summed E-state index contributed by atoms with van der Waals surface area (Å²) in [4.78, 5) is 4.11. The lowest BCUT2D eigenvalue weighted by molar-refractivity contribution is 0.472. The van der Waals surface area contributed by atoms with Crippen LogP contribution in [0.1, 0.15) is 24.8 Å². The minimum absolute atomic E-state index is 0.284. The molecule has 0 saturated carbocycles. The highest BCUT2D eigenvalue weighted by molar-refractivity contribution is 8.00. The number of hydrogen-bond acceptors (Lipinski definition) is 5. The van der Waals surface area contributed by atoms with Gasteiger partial charge in [-0.05, 0) is 36.6 Å². The largest absolute Gasteiger partial charge is 0.383 e. The molecule has 1 aromatic rings. The number of pyridine rings is 1. The third-order valence-corrected chi connectivity index (χ3v) is 4.76. The van der Waals surface area contributed by atoms with Crippen molar-refractivity contribution in [2.75, 3.05) is 11.5 Å². The fraction of sp³-hybridized carbons (Fsp3) is 0.583. The van der Waals surface area contributed by atoms with Gasteiger partial charge in [0.05, 0.1) is 0 Å². The van der Waals surface area contributed by atoms with E-state index in [9.17, 15) is 0 Å². The number of aromatic nitrogens is 1. The van der Waals surface area contributed by atoms with Gasteiger partial charge in [-0.15, -0.1) is 0 Å². The zero-order chi connectivity index (χ0) is 12.1. The number of rotatable bonds is 4. The Morgan fingerprint density at radius 1 is 1.53 bits per heavy atom. The first-order chi connectivity index (χ1) is 8.31. The van der Waals surface area contributed by atoms with Gasteiger partial charge in [0.25, 0.3) is 0 Å². The molecule has 2 rings (SSSR count). The summed E-state index contributed by atoms with van der Waals surface area (Å²) in [5.41, 5.74) is 9.89. The van der Waals surface area contributed by atoms with Gasteiger partial charge in [-0.3, -0.25) is 11.3 Å². The molecular weight excluding hydrogens is 232 g/mol. The van der Waals surface area contributed by atoms with Crippen molar-refractivity contribution in [2.24, 2.45) is 5.84 Å². The number of nitrogens with two attached hydrogens (primary N) is 2. The van der Waals surface area contributed by atoms with E-state index in [0.717, 1.165) is 12.0 Å². The highest BCUT2D eigenvalue weighted by Crippen LogP contribution is 2.29. The van der Waals surface area contributed by atoms with Crippen molar-refractivity contribution < 1.29 is 0 Å². The van der Waals surface area contributed by atoms with Crippen LogP contribution < -0.4 is 17.0 Å². The van der Waals surface area contributed by atoms with Crippen molar-refractivity contribution >= 4 is 17.6 Å². The Kier molecular flexibility index (Phi) is 4.65. The Bertz CT molecular complexity index is 352. The van der Waals surface area contributed by atoms with Crippen molar-refractivity contribution in [3.63, 3.8) is 0 Å². The van der Waals surface area contributed by atoms with Gasteiger partial charge < -0.3 is 5.73 Å². The standard InChI is InChI=1S/C12H20N4S/c13-12-9(4-3-6-15-12)8-10(16-14)11-5-1-2-7-17-11/h3-4,6,10-11,16H,1-2,5,7-8,14H2,(H2,13,15). The Hall–Kier alpha value is -0.780. The molecule has 5 heteroatoms. The number of nitrogens with zero attached hydrogens (tertiary/aromatic N) is 1. The maximum absolute atomic E-state index is 5.87. The fourth-order valence-corrected chi connectivity index (χ4v) is 3.65. The van der Waals surface area contributed by atoms with Crippen LogP contribution in [-0.2, 0) is 6.42 Å². The molecule has 5 N–H and O–H groups in total. The second-order valence-electron chi connectivity index (χ2n) is 4.43. The Labute approximate surface area is 107 Å². The van der Waals surface area contributed by atoms with Crippen LogP contribution in [0.5, 0.6) is 0 Å². The Morgan fingerprint density at radius 2 is 2.41 bits per heavy atom. The smallest absolute Gasteiger partial charge is 0.126 e. The van der Waals surface area contributed by atoms with Gasteiger partial charge >= 0.3 is 0 Å². The predicted molar refractivity (Wildman–Crippen MR) is 73.6 cm³/mol. The quantitative estimate of drug-likeness (QED) is 0.556. The van der Waals surface area contributed by atoms with E-state index in [4.69, 9.17) is 11.6 Å². The molecule has 17 heavy (non-hydrogen) atoms. The zero-order valence-electron chi connectivity index (χ0n) is 9.93. The number of nitrogens with one attached hydrogen (secondary N) is 1. The summed E-state index contributed by atoms with van der Waals surface area (Å²) in [6.45, 7) is 0. The van der Waals surface area contributed by atoms with Crippen LogP contribution in [0.25, 0.3) is 0 Å². The van der Waals surface area contributed by atoms with Gasteiger partial charge in [0, 0.05) is 17.5 Å². The molecule has 2 heterocycles. The lowest BCUT2D eigenvalue weighted by Gasteiger charge is -2.29. The van der Waals surface area contributed by atoms with Crippen molar-refractivity contribution in [3.05, 3.63) is 23.9 Å². The summed E-state index contributed by atoms with van der Waals surface area (Å²) in [6, 6.07) is 4.24. The molecule has 1 saturated heterocycles. The third-order valence-electron chi connectivity index (χ3n) is 3.24. The molecule has 0 aliphatic carbocycles. The highest BCUT2D eigenvalue weighted by Gasteiger charge is 2.24. The summed E-state index contributed by atoms with van der Waals surface area (Å²) >= 11 is 2.02. The van der Waals surface area contributed by atoms with Crippen LogP contribution in [0, 0.1) is 0 Å². The van der Waals surface area contributed by atoms with Gasteiger partial charge in [-0.1, -0.05) is 12.5 Å². The first-order valence-electron chi connectivity index (χ1n) is 6.08. The molecule has 2 unspecified atom stereocenters. The number of thioether (sulfide) groups is 1. The van der Waals surface area contributed by atoms with Gasteiger partial charge in [-0.2, -0.15) is 11.8 Å². The molecule has 4 nitrogen and oxygen atoms in total. The summed E-state index contributed by atoms with van der Waals surface area (Å²) in [6.07, 6.45) is 6.44. The van der Waals surface area contributed by atoms with Crippen molar-refractivity contribution in [1.82, 2.24) is 10.4 Å². The van der Waals surface area contributed by atoms with Crippen LogP contribution >= 0.6 is 11.8 Å². The molecule has 1 aliphatic rings. The van der Waals surface area contributed by atoms with Crippen molar-refractivity contribution in [1.29, 1.82) is 0 Å². The summed E-state index contributed by atoms with van der Waals surface area (Å²) in [5.74, 6) is 7.54. The number of anilines is 1. The van der Waals surface area contributed by atoms with E-state index in [1.165, 1.54) is 25.0 Å². The second-order valence-corrected chi connectivity index (χ2v) is 5.78. The summed E-state index contributed by atoms with van der Waals surface area (Å²) in [5, 5.41) is 0.591. The number of nitrogen functional groups attached to an aromatic ring is 1. The Morgan fingerprint density at radius 3 is 3.06 bits per heavy atom.